The number of nitrogens with zero attached hydrogens (tertiary/aromatic N) is 3. The van der Waals surface area contributed by atoms with E-state index in [1.54, 1.807) is 18.5 Å². The van der Waals surface area contributed by atoms with E-state index >= 15 is 0 Å². The minimum Gasteiger partial charge on any atom is -0.376 e. The monoisotopic (exact) mass is 175 g/mol. The van der Waals surface area contributed by atoms with Crippen LogP contribution in [0.15, 0.2) is 24.0 Å². The van der Waals surface area contributed by atoms with E-state index in [9.17, 15) is 0 Å². The van der Waals surface area contributed by atoms with Gasteiger partial charge < -0.3 is 4.90 Å². The fraction of sp³-hybridized carbons (Fsp3) is 0.200. The molecule has 0 amide bonds. The number of pyridine rings is 1. The molecule has 3 heteroatoms. The van der Waals surface area contributed by atoms with Gasteiger partial charge in [0.2, 0.25) is 0 Å². The van der Waals surface area contributed by atoms with Crippen LogP contribution in [0.3, 0.4) is 0 Å². The van der Waals surface area contributed by atoms with Crippen LogP contribution < -0.4 is 4.90 Å². The van der Waals surface area contributed by atoms with E-state index in [4.69, 9.17) is 0 Å². The van der Waals surface area contributed by atoms with Gasteiger partial charge in [-0.3, -0.25) is 9.98 Å². The third-order valence-corrected chi connectivity index (χ3v) is 1.80. The molecular formula is C10H13N3. The Morgan fingerprint density at radius 3 is 2.62 bits per heavy atom. The maximum atomic E-state index is 4.06. The lowest BCUT2D eigenvalue weighted by Crippen LogP contribution is -2.10. The Bertz CT molecular complexity index is 329. The van der Waals surface area contributed by atoms with E-state index in [2.05, 4.69) is 23.3 Å². The Labute approximate surface area is 78.4 Å². The van der Waals surface area contributed by atoms with Crippen molar-refractivity contribution in [2.24, 2.45) is 4.99 Å². The van der Waals surface area contributed by atoms with E-state index in [0.29, 0.717) is 0 Å². The highest BCUT2D eigenvalue weighted by molar-refractivity contribution is 5.75. The average molecular weight is 175 g/mol. The highest BCUT2D eigenvalue weighted by atomic mass is 15.1. The maximum absolute atomic E-state index is 4.06. The zero-order valence-electron chi connectivity index (χ0n) is 7.99. The highest BCUT2D eigenvalue weighted by Crippen LogP contribution is 2.27. The molecule has 0 radical (unpaired) electrons. The predicted molar refractivity (Wildman–Crippen MR) is 57.9 cm³/mol. The first kappa shape index (κ1) is 9.45. The second-order valence-electron chi connectivity index (χ2n) is 2.85. The SMILES string of the molecule is C=Cc1c(N=C)cncc1N(C)C. The van der Waals surface area contributed by atoms with Gasteiger partial charge in [0.05, 0.1) is 23.8 Å². The number of anilines is 1. The lowest BCUT2D eigenvalue weighted by Gasteiger charge is -2.15. The molecule has 0 unspecified atom stereocenters. The van der Waals surface area contributed by atoms with E-state index < -0.39 is 0 Å². The standard InChI is InChI=1S/C10H13N3/c1-5-8-9(11-2)6-12-7-10(8)13(3)4/h5-7H,1-2H2,3-4H3. The Hall–Kier alpha value is -1.64. The molecule has 3 nitrogen and oxygen atoms in total. The first-order chi connectivity index (χ1) is 6.20. The van der Waals surface area contributed by atoms with Crippen LogP contribution in [0, 0.1) is 0 Å². The topological polar surface area (TPSA) is 28.5 Å². The molecule has 0 fully saturated rings. The first-order valence-electron chi connectivity index (χ1n) is 3.95. The third-order valence-electron chi connectivity index (χ3n) is 1.80. The van der Waals surface area contributed by atoms with Crippen LogP contribution >= 0.6 is 0 Å². The van der Waals surface area contributed by atoms with Crippen LogP contribution in [0.4, 0.5) is 11.4 Å². The molecule has 1 heterocycles. The maximum Gasteiger partial charge on any atom is 0.0898 e. The summed E-state index contributed by atoms with van der Waals surface area (Å²) in [4.78, 5) is 9.91. The van der Waals surface area contributed by atoms with Crippen LogP contribution in [0.25, 0.3) is 6.08 Å². The van der Waals surface area contributed by atoms with Crippen LogP contribution in [0.1, 0.15) is 5.56 Å². The molecule has 0 saturated carbocycles. The fourth-order valence-corrected chi connectivity index (χ4v) is 1.14. The minimum absolute atomic E-state index is 0.765. The van der Waals surface area contributed by atoms with Gasteiger partial charge in [-0.15, -0.1) is 0 Å². The summed E-state index contributed by atoms with van der Waals surface area (Å²) < 4.78 is 0. The Morgan fingerprint density at radius 1 is 1.46 bits per heavy atom. The third kappa shape index (κ3) is 1.75. The second-order valence-corrected chi connectivity index (χ2v) is 2.85. The van der Waals surface area contributed by atoms with Gasteiger partial charge in [-0.2, -0.15) is 0 Å². The number of aromatic nitrogens is 1. The molecule has 0 saturated heterocycles. The van der Waals surface area contributed by atoms with E-state index in [-0.39, 0.29) is 0 Å². The number of hydrogen-bond donors (Lipinski definition) is 0. The van der Waals surface area contributed by atoms with Gasteiger partial charge in [0.1, 0.15) is 0 Å². The fourth-order valence-electron chi connectivity index (χ4n) is 1.14. The lowest BCUT2D eigenvalue weighted by molar-refractivity contribution is 1.10. The molecule has 0 bridgehead atoms. The number of hydrogen-bond acceptors (Lipinski definition) is 3. The van der Waals surface area contributed by atoms with Gasteiger partial charge in [0, 0.05) is 19.7 Å². The van der Waals surface area contributed by atoms with E-state index in [0.717, 1.165) is 16.9 Å². The summed E-state index contributed by atoms with van der Waals surface area (Å²) in [5, 5.41) is 0. The smallest absolute Gasteiger partial charge is 0.0898 e. The molecule has 0 N–H and O–H groups in total. The van der Waals surface area contributed by atoms with Crippen molar-refractivity contribution in [2.45, 2.75) is 0 Å². The molecule has 0 aromatic carbocycles. The van der Waals surface area contributed by atoms with Crippen molar-refractivity contribution < 1.29 is 0 Å². The van der Waals surface area contributed by atoms with E-state index in [1.165, 1.54) is 0 Å². The van der Waals surface area contributed by atoms with Gasteiger partial charge in [-0.25, -0.2) is 0 Å². The largest absolute Gasteiger partial charge is 0.376 e. The van der Waals surface area contributed by atoms with Crippen molar-refractivity contribution in [3.05, 3.63) is 24.5 Å². The van der Waals surface area contributed by atoms with Gasteiger partial charge in [-0.05, 0) is 6.72 Å². The molecule has 0 aliphatic heterocycles. The predicted octanol–water partition coefficient (Wildman–Crippen LogP) is 2.12. The minimum atomic E-state index is 0.765. The molecule has 1 aromatic heterocycles. The molecule has 0 aliphatic rings. The first-order valence-corrected chi connectivity index (χ1v) is 3.95. The quantitative estimate of drug-likeness (QED) is 0.658. The number of aliphatic imine (C=N–C) groups is 1. The summed E-state index contributed by atoms with van der Waals surface area (Å²) in [5.74, 6) is 0. The van der Waals surface area contributed by atoms with Gasteiger partial charge in [-0.1, -0.05) is 12.7 Å². The summed E-state index contributed by atoms with van der Waals surface area (Å²) in [5.41, 5.74) is 2.73. The summed E-state index contributed by atoms with van der Waals surface area (Å²) in [6.07, 6.45) is 5.23. The molecule has 68 valence electrons. The van der Waals surface area contributed by atoms with Crippen molar-refractivity contribution in [3.63, 3.8) is 0 Å². The highest BCUT2D eigenvalue weighted by Gasteiger charge is 2.05. The summed E-state index contributed by atoms with van der Waals surface area (Å²) >= 11 is 0. The lowest BCUT2D eigenvalue weighted by atomic mass is 10.2. The van der Waals surface area contributed by atoms with E-state index in [1.807, 2.05) is 19.0 Å². The molecule has 0 spiro atoms. The van der Waals surface area contributed by atoms with Crippen molar-refractivity contribution >= 4 is 24.2 Å². The molecule has 1 aromatic rings. The zero-order chi connectivity index (χ0) is 9.84. The van der Waals surface area contributed by atoms with Gasteiger partial charge >= 0.3 is 0 Å². The Morgan fingerprint density at radius 2 is 2.15 bits per heavy atom. The number of rotatable bonds is 3. The zero-order valence-corrected chi connectivity index (χ0v) is 7.99. The Kier molecular flexibility index (Phi) is 2.80. The van der Waals surface area contributed by atoms with Crippen LogP contribution in [0.5, 0.6) is 0 Å². The summed E-state index contributed by atoms with van der Waals surface area (Å²) in [7, 11) is 3.91. The molecular weight excluding hydrogens is 162 g/mol. The molecule has 1 rings (SSSR count). The molecule has 0 aliphatic carbocycles. The molecule has 13 heavy (non-hydrogen) atoms. The van der Waals surface area contributed by atoms with Crippen LogP contribution in [0.2, 0.25) is 0 Å². The van der Waals surface area contributed by atoms with Crippen molar-refractivity contribution in [2.75, 3.05) is 19.0 Å². The van der Waals surface area contributed by atoms with Crippen LogP contribution in [-0.4, -0.2) is 25.8 Å². The summed E-state index contributed by atoms with van der Waals surface area (Å²) in [6, 6.07) is 0. The van der Waals surface area contributed by atoms with Gasteiger partial charge in [0.25, 0.3) is 0 Å². The van der Waals surface area contributed by atoms with Crippen molar-refractivity contribution in [1.82, 2.24) is 4.98 Å². The van der Waals surface area contributed by atoms with Crippen molar-refractivity contribution in [1.29, 1.82) is 0 Å². The molecule has 0 atom stereocenters. The normalized spacial score (nSPS) is 9.38. The second kappa shape index (κ2) is 3.85. The van der Waals surface area contributed by atoms with Gasteiger partial charge in [0.15, 0.2) is 0 Å². The summed E-state index contributed by atoms with van der Waals surface area (Å²) in [6.45, 7) is 7.22. The average Bonchev–Trinajstić information content (AvgIpc) is 2.16. The van der Waals surface area contributed by atoms with Crippen LogP contribution in [-0.2, 0) is 0 Å². The Balaban J connectivity index is 3.35. The van der Waals surface area contributed by atoms with Crippen molar-refractivity contribution in [3.8, 4) is 0 Å².